The average molecular weight is 385 g/mol. The molecular formula is C18H22Cl2N2O3. The smallest absolute Gasteiger partial charge is 0.251 e. The van der Waals surface area contributed by atoms with E-state index in [2.05, 4.69) is 10.6 Å². The maximum Gasteiger partial charge on any atom is 0.251 e. The lowest BCUT2D eigenvalue weighted by molar-refractivity contribution is 0.0953. The summed E-state index contributed by atoms with van der Waals surface area (Å²) in [5.41, 5.74) is 0.588. The molecule has 0 fully saturated rings. The molecule has 25 heavy (non-hydrogen) atoms. The van der Waals surface area contributed by atoms with Crippen molar-refractivity contribution < 1.29 is 14.3 Å². The van der Waals surface area contributed by atoms with Crippen molar-refractivity contribution in [2.45, 2.75) is 0 Å². The van der Waals surface area contributed by atoms with Crippen LogP contribution in [0.5, 0.6) is 11.5 Å². The maximum atomic E-state index is 12.0. The lowest BCUT2D eigenvalue weighted by Crippen LogP contribution is -2.33. The second-order valence-electron chi connectivity index (χ2n) is 5.08. The van der Waals surface area contributed by atoms with E-state index in [9.17, 15) is 4.79 Å². The van der Waals surface area contributed by atoms with Crippen LogP contribution in [0.15, 0.2) is 48.5 Å². The number of hydrogen-bond acceptors (Lipinski definition) is 4. The zero-order chi connectivity index (χ0) is 17.2. The van der Waals surface area contributed by atoms with E-state index < -0.39 is 0 Å². The number of rotatable bonds is 9. The lowest BCUT2D eigenvalue weighted by atomic mass is 10.2. The highest BCUT2D eigenvalue weighted by Gasteiger charge is 2.05. The van der Waals surface area contributed by atoms with Crippen LogP contribution in [-0.4, -0.2) is 39.3 Å². The highest BCUT2D eigenvalue weighted by atomic mass is 35.5. The third-order valence-electron chi connectivity index (χ3n) is 3.22. The highest BCUT2D eigenvalue weighted by Crippen LogP contribution is 2.24. The molecule has 0 bridgehead atoms. The molecule has 7 heteroatoms. The molecule has 0 radical (unpaired) electrons. The van der Waals surface area contributed by atoms with Gasteiger partial charge in [-0.15, -0.1) is 12.4 Å². The third kappa shape index (κ3) is 7.75. The van der Waals surface area contributed by atoms with E-state index in [4.69, 9.17) is 21.1 Å². The van der Waals surface area contributed by atoms with Gasteiger partial charge in [0.15, 0.2) is 0 Å². The standard InChI is InChI=1S/C18H21ClN2O3.ClH/c1-23-12-11-20-9-10-21-18(22)14-5-7-16(8-6-14)24-17-4-2-3-15(19)13-17;/h2-8,13,20H,9-12H2,1H3,(H,21,22);1H. The molecule has 2 aromatic carbocycles. The van der Waals surface area contributed by atoms with E-state index in [1.165, 1.54) is 0 Å². The molecule has 0 heterocycles. The molecule has 0 aliphatic carbocycles. The van der Waals surface area contributed by atoms with Gasteiger partial charge in [0.2, 0.25) is 0 Å². The molecule has 0 saturated heterocycles. The van der Waals surface area contributed by atoms with E-state index >= 15 is 0 Å². The van der Waals surface area contributed by atoms with Crippen molar-refractivity contribution in [2.75, 3.05) is 33.4 Å². The van der Waals surface area contributed by atoms with Gasteiger partial charge in [0.05, 0.1) is 6.61 Å². The number of amides is 1. The van der Waals surface area contributed by atoms with Crippen LogP contribution in [0.2, 0.25) is 5.02 Å². The Kier molecular flexibility index (Phi) is 9.96. The Morgan fingerprint density at radius 2 is 1.80 bits per heavy atom. The Morgan fingerprint density at radius 3 is 2.48 bits per heavy atom. The molecule has 2 aromatic rings. The first-order chi connectivity index (χ1) is 11.7. The van der Waals surface area contributed by atoms with Crippen LogP contribution in [0, 0.1) is 0 Å². The molecule has 0 aliphatic rings. The summed E-state index contributed by atoms with van der Waals surface area (Å²) < 4.78 is 10.6. The molecule has 2 rings (SSSR count). The largest absolute Gasteiger partial charge is 0.457 e. The van der Waals surface area contributed by atoms with Gasteiger partial charge in [-0.2, -0.15) is 0 Å². The summed E-state index contributed by atoms with van der Waals surface area (Å²) in [5, 5.41) is 6.63. The van der Waals surface area contributed by atoms with E-state index in [0.29, 0.717) is 41.8 Å². The van der Waals surface area contributed by atoms with Crippen molar-refractivity contribution in [3.63, 3.8) is 0 Å². The summed E-state index contributed by atoms with van der Waals surface area (Å²) in [7, 11) is 1.66. The minimum atomic E-state index is -0.113. The number of ether oxygens (including phenoxy) is 2. The third-order valence-corrected chi connectivity index (χ3v) is 3.45. The normalized spacial score (nSPS) is 10.0. The molecule has 0 atom stereocenters. The van der Waals surface area contributed by atoms with Crippen LogP contribution in [0.4, 0.5) is 0 Å². The van der Waals surface area contributed by atoms with E-state index in [1.807, 2.05) is 12.1 Å². The molecule has 5 nitrogen and oxygen atoms in total. The van der Waals surface area contributed by atoms with Crippen molar-refractivity contribution in [3.05, 3.63) is 59.1 Å². The van der Waals surface area contributed by atoms with Crippen LogP contribution in [-0.2, 0) is 4.74 Å². The quantitative estimate of drug-likeness (QED) is 0.649. The summed E-state index contributed by atoms with van der Waals surface area (Å²) in [5.74, 6) is 1.19. The van der Waals surface area contributed by atoms with Gasteiger partial charge in [-0.05, 0) is 42.5 Å². The SMILES string of the molecule is COCCNCCNC(=O)c1ccc(Oc2cccc(Cl)c2)cc1.Cl. The summed E-state index contributed by atoms with van der Waals surface area (Å²) in [4.78, 5) is 12.0. The molecule has 136 valence electrons. The van der Waals surface area contributed by atoms with E-state index in [0.717, 1.165) is 6.54 Å². The number of benzene rings is 2. The van der Waals surface area contributed by atoms with Crippen molar-refractivity contribution in [1.82, 2.24) is 10.6 Å². The Morgan fingerprint density at radius 1 is 1.04 bits per heavy atom. The van der Waals surface area contributed by atoms with E-state index in [1.54, 1.807) is 43.5 Å². The first-order valence-corrected chi connectivity index (χ1v) is 8.08. The zero-order valence-electron chi connectivity index (χ0n) is 14.0. The maximum absolute atomic E-state index is 12.0. The van der Waals surface area contributed by atoms with Gasteiger partial charge in [-0.25, -0.2) is 0 Å². The molecule has 2 N–H and O–H groups in total. The summed E-state index contributed by atoms with van der Waals surface area (Å²) in [6, 6.07) is 14.1. The summed E-state index contributed by atoms with van der Waals surface area (Å²) >= 11 is 5.92. The van der Waals surface area contributed by atoms with Gasteiger partial charge in [0, 0.05) is 37.3 Å². The topological polar surface area (TPSA) is 59.6 Å². The summed E-state index contributed by atoms with van der Waals surface area (Å²) in [6.07, 6.45) is 0. The van der Waals surface area contributed by atoms with Crippen molar-refractivity contribution in [3.8, 4) is 11.5 Å². The molecular weight excluding hydrogens is 363 g/mol. The molecule has 0 aliphatic heterocycles. The van der Waals surface area contributed by atoms with Gasteiger partial charge in [0.25, 0.3) is 5.91 Å². The number of halogens is 2. The average Bonchev–Trinajstić information content (AvgIpc) is 2.58. The Balaban J connectivity index is 0.00000312. The summed E-state index contributed by atoms with van der Waals surface area (Å²) in [6.45, 7) is 2.68. The van der Waals surface area contributed by atoms with Crippen LogP contribution in [0.3, 0.4) is 0 Å². The second-order valence-corrected chi connectivity index (χ2v) is 5.52. The fourth-order valence-electron chi connectivity index (χ4n) is 2.01. The highest BCUT2D eigenvalue weighted by molar-refractivity contribution is 6.30. The fraction of sp³-hybridized carbons (Fsp3) is 0.278. The first-order valence-electron chi connectivity index (χ1n) is 7.70. The van der Waals surface area contributed by atoms with Gasteiger partial charge < -0.3 is 20.1 Å². The number of carbonyl (C=O) groups excluding carboxylic acids is 1. The number of nitrogens with one attached hydrogen (secondary N) is 2. The van der Waals surface area contributed by atoms with E-state index in [-0.39, 0.29) is 18.3 Å². The predicted molar refractivity (Wildman–Crippen MR) is 102 cm³/mol. The predicted octanol–water partition coefficient (Wildman–Crippen LogP) is 3.52. The molecule has 0 saturated carbocycles. The molecule has 1 amide bonds. The monoisotopic (exact) mass is 384 g/mol. The second kappa shape index (κ2) is 11.7. The molecule has 0 aromatic heterocycles. The van der Waals surface area contributed by atoms with Crippen molar-refractivity contribution in [2.24, 2.45) is 0 Å². The number of methoxy groups -OCH3 is 1. The Hall–Kier alpha value is -1.79. The zero-order valence-corrected chi connectivity index (χ0v) is 15.5. The van der Waals surface area contributed by atoms with Crippen LogP contribution in [0.1, 0.15) is 10.4 Å². The minimum Gasteiger partial charge on any atom is -0.457 e. The van der Waals surface area contributed by atoms with Crippen LogP contribution in [0.25, 0.3) is 0 Å². The molecule has 0 spiro atoms. The van der Waals surface area contributed by atoms with Crippen molar-refractivity contribution >= 4 is 29.9 Å². The minimum absolute atomic E-state index is 0. The van der Waals surface area contributed by atoms with Gasteiger partial charge in [-0.3, -0.25) is 4.79 Å². The van der Waals surface area contributed by atoms with Crippen LogP contribution < -0.4 is 15.4 Å². The van der Waals surface area contributed by atoms with Gasteiger partial charge in [0.1, 0.15) is 11.5 Å². The number of hydrogen-bond donors (Lipinski definition) is 2. The Labute approximate surface area is 159 Å². The lowest BCUT2D eigenvalue weighted by Gasteiger charge is -2.08. The Bertz CT molecular complexity index is 651. The van der Waals surface area contributed by atoms with Crippen LogP contribution >= 0.6 is 24.0 Å². The van der Waals surface area contributed by atoms with Crippen molar-refractivity contribution in [1.29, 1.82) is 0 Å². The first kappa shape index (κ1) is 21.3. The number of carbonyl (C=O) groups is 1. The van der Waals surface area contributed by atoms with Gasteiger partial charge >= 0.3 is 0 Å². The fourth-order valence-corrected chi connectivity index (χ4v) is 2.19. The van der Waals surface area contributed by atoms with Gasteiger partial charge in [-0.1, -0.05) is 17.7 Å². The molecule has 0 unspecified atom stereocenters.